The number of ether oxygens (including phenoxy) is 2. The molecule has 2 aliphatic heterocycles. The second kappa shape index (κ2) is 7.92. The number of para-hydroxylation sites is 3. The van der Waals surface area contributed by atoms with Crippen molar-refractivity contribution in [3.8, 4) is 17.2 Å². The van der Waals surface area contributed by atoms with Gasteiger partial charge in [0.2, 0.25) is 0 Å². The van der Waals surface area contributed by atoms with Crippen molar-refractivity contribution in [2.45, 2.75) is 0 Å². The summed E-state index contributed by atoms with van der Waals surface area (Å²) in [4.78, 5) is 9.67. The highest BCUT2D eigenvalue weighted by atomic mass is 35.5. The van der Waals surface area contributed by atoms with Crippen molar-refractivity contribution < 1.29 is 9.47 Å². The SMILES string of the molecule is COc1ccccc1N1CCN(C2=Nc3cc(Cl)ccc3Oc3ccccc32)CC1. The van der Waals surface area contributed by atoms with Gasteiger partial charge in [0.25, 0.3) is 0 Å². The molecule has 0 N–H and O–H groups in total. The molecule has 2 heterocycles. The third kappa shape index (κ3) is 3.46. The molecule has 3 aromatic rings. The van der Waals surface area contributed by atoms with Crippen LogP contribution in [0, 0.1) is 0 Å². The first-order valence-electron chi connectivity index (χ1n) is 10.0. The zero-order valence-corrected chi connectivity index (χ0v) is 17.5. The average molecular weight is 420 g/mol. The topological polar surface area (TPSA) is 37.3 Å². The zero-order valence-electron chi connectivity index (χ0n) is 16.7. The Hall–Kier alpha value is -3.18. The summed E-state index contributed by atoms with van der Waals surface area (Å²) in [5, 5.41) is 0.646. The van der Waals surface area contributed by atoms with Crippen LogP contribution in [0.25, 0.3) is 0 Å². The lowest BCUT2D eigenvalue weighted by Gasteiger charge is -2.38. The molecule has 1 saturated heterocycles. The molecule has 5 rings (SSSR count). The number of benzene rings is 3. The van der Waals surface area contributed by atoms with Crippen LogP contribution in [0.2, 0.25) is 5.02 Å². The van der Waals surface area contributed by atoms with Gasteiger partial charge >= 0.3 is 0 Å². The third-order valence-electron chi connectivity index (χ3n) is 5.50. The summed E-state index contributed by atoms with van der Waals surface area (Å²) in [5.41, 5.74) is 2.87. The van der Waals surface area contributed by atoms with Gasteiger partial charge in [-0.25, -0.2) is 4.99 Å². The molecule has 30 heavy (non-hydrogen) atoms. The van der Waals surface area contributed by atoms with E-state index in [9.17, 15) is 0 Å². The molecule has 0 spiro atoms. The Bertz CT molecular complexity index is 1110. The van der Waals surface area contributed by atoms with E-state index in [1.54, 1.807) is 7.11 Å². The number of hydrogen-bond donors (Lipinski definition) is 0. The van der Waals surface area contributed by atoms with Gasteiger partial charge in [0, 0.05) is 31.2 Å². The molecule has 0 unspecified atom stereocenters. The highest BCUT2D eigenvalue weighted by Crippen LogP contribution is 2.39. The highest BCUT2D eigenvalue weighted by molar-refractivity contribution is 6.31. The fourth-order valence-corrected chi connectivity index (χ4v) is 4.15. The molecule has 0 aliphatic carbocycles. The molecular formula is C24H22ClN3O2. The molecular weight excluding hydrogens is 398 g/mol. The van der Waals surface area contributed by atoms with E-state index in [1.165, 1.54) is 0 Å². The molecule has 152 valence electrons. The van der Waals surface area contributed by atoms with Crippen LogP contribution in [-0.2, 0) is 0 Å². The Kier molecular flexibility index (Phi) is 4.97. The van der Waals surface area contributed by atoms with Crippen LogP contribution in [0.3, 0.4) is 0 Å². The maximum absolute atomic E-state index is 6.23. The maximum atomic E-state index is 6.23. The molecule has 2 aliphatic rings. The molecule has 0 atom stereocenters. The van der Waals surface area contributed by atoms with Gasteiger partial charge in [-0.15, -0.1) is 0 Å². The number of piperazine rings is 1. The number of anilines is 1. The number of aliphatic imine (C=N–C) groups is 1. The summed E-state index contributed by atoms with van der Waals surface area (Å²) in [6.45, 7) is 3.46. The monoisotopic (exact) mass is 419 g/mol. The number of methoxy groups -OCH3 is 1. The average Bonchev–Trinajstić information content (AvgIpc) is 2.95. The predicted molar refractivity (Wildman–Crippen MR) is 121 cm³/mol. The maximum Gasteiger partial charge on any atom is 0.153 e. The fourth-order valence-electron chi connectivity index (χ4n) is 3.99. The number of hydrogen-bond acceptors (Lipinski definition) is 5. The molecule has 5 nitrogen and oxygen atoms in total. The molecule has 6 heteroatoms. The largest absolute Gasteiger partial charge is 0.495 e. The van der Waals surface area contributed by atoms with Crippen molar-refractivity contribution in [2.24, 2.45) is 4.99 Å². The van der Waals surface area contributed by atoms with Gasteiger partial charge in [-0.05, 0) is 42.5 Å². The second-order valence-electron chi connectivity index (χ2n) is 7.29. The fraction of sp³-hybridized carbons (Fsp3) is 0.208. The van der Waals surface area contributed by atoms with Crippen molar-refractivity contribution >= 4 is 28.8 Å². The van der Waals surface area contributed by atoms with E-state index >= 15 is 0 Å². The lowest BCUT2D eigenvalue weighted by atomic mass is 10.1. The first-order valence-corrected chi connectivity index (χ1v) is 10.4. The molecule has 0 aromatic heterocycles. The summed E-state index contributed by atoms with van der Waals surface area (Å²) in [5.74, 6) is 3.35. The molecule has 3 aromatic carbocycles. The van der Waals surface area contributed by atoms with E-state index < -0.39 is 0 Å². The van der Waals surface area contributed by atoms with E-state index in [1.807, 2.05) is 54.6 Å². The molecule has 0 amide bonds. The van der Waals surface area contributed by atoms with Crippen molar-refractivity contribution in [3.63, 3.8) is 0 Å². The van der Waals surface area contributed by atoms with Gasteiger partial charge in [-0.1, -0.05) is 35.9 Å². The minimum atomic E-state index is 0.646. The van der Waals surface area contributed by atoms with Crippen LogP contribution in [-0.4, -0.2) is 44.0 Å². The Balaban J connectivity index is 1.46. The van der Waals surface area contributed by atoms with E-state index in [0.717, 1.165) is 66.2 Å². The lowest BCUT2D eigenvalue weighted by Crippen LogP contribution is -2.49. The van der Waals surface area contributed by atoms with Gasteiger partial charge in [-0.2, -0.15) is 0 Å². The third-order valence-corrected chi connectivity index (χ3v) is 5.74. The minimum Gasteiger partial charge on any atom is -0.495 e. The minimum absolute atomic E-state index is 0.646. The van der Waals surface area contributed by atoms with Gasteiger partial charge < -0.3 is 19.3 Å². The predicted octanol–water partition coefficient (Wildman–Crippen LogP) is 5.35. The lowest BCUT2D eigenvalue weighted by molar-refractivity contribution is 0.378. The van der Waals surface area contributed by atoms with Gasteiger partial charge in [0.1, 0.15) is 23.0 Å². The summed E-state index contributed by atoms with van der Waals surface area (Å²) >= 11 is 6.23. The van der Waals surface area contributed by atoms with Crippen LogP contribution >= 0.6 is 11.6 Å². The van der Waals surface area contributed by atoms with Crippen LogP contribution in [0.5, 0.6) is 17.2 Å². The summed E-state index contributed by atoms with van der Waals surface area (Å²) < 4.78 is 11.7. The van der Waals surface area contributed by atoms with Crippen LogP contribution in [0.4, 0.5) is 11.4 Å². The van der Waals surface area contributed by atoms with Crippen LogP contribution in [0.1, 0.15) is 5.56 Å². The highest BCUT2D eigenvalue weighted by Gasteiger charge is 2.26. The number of rotatable bonds is 2. The molecule has 0 bridgehead atoms. The normalized spacial score (nSPS) is 15.5. The quantitative estimate of drug-likeness (QED) is 0.560. The van der Waals surface area contributed by atoms with Gasteiger partial charge in [0.15, 0.2) is 5.75 Å². The molecule has 0 saturated carbocycles. The number of halogens is 1. The van der Waals surface area contributed by atoms with Crippen molar-refractivity contribution in [2.75, 3.05) is 38.2 Å². The standard InChI is InChI=1S/C24H22ClN3O2/c1-29-23-9-5-3-7-20(23)27-12-14-28(15-13-27)24-18-6-2-4-8-21(18)30-22-11-10-17(25)16-19(22)26-24/h2-11,16H,12-15H2,1H3. The summed E-state index contributed by atoms with van der Waals surface area (Å²) in [7, 11) is 1.72. The number of fused-ring (bicyclic) bond motifs is 2. The van der Waals surface area contributed by atoms with E-state index in [0.29, 0.717) is 5.02 Å². The Labute approximate surface area is 181 Å². The number of amidine groups is 1. The van der Waals surface area contributed by atoms with Crippen LogP contribution in [0.15, 0.2) is 71.7 Å². The summed E-state index contributed by atoms with van der Waals surface area (Å²) in [6, 6.07) is 21.8. The second-order valence-corrected chi connectivity index (χ2v) is 7.73. The molecule has 1 fully saturated rings. The first kappa shape index (κ1) is 18.8. The Morgan fingerprint density at radius 1 is 0.867 bits per heavy atom. The first-order chi connectivity index (χ1) is 14.7. The van der Waals surface area contributed by atoms with Crippen molar-refractivity contribution in [1.82, 2.24) is 4.90 Å². The van der Waals surface area contributed by atoms with Gasteiger partial charge in [0.05, 0.1) is 18.4 Å². The summed E-state index contributed by atoms with van der Waals surface area (Å²) in [6.07, 6.45) is 0. The van der Waals surface area contributed by atoms with Crippen molar-refractivity contribution in [3.05, 3.63) is 77.3 Å². The molecule has 0 radical (unpaired) electrons. The smallest absolute Gasteiger partial charge is 0.153 e. The van der Waals surface area contributed by atoms with Crippen LogP contribution < -0.4 is 14.4 Å². The van der Waals surface area contributed by atoms with E-state index in [4.69, 9.17) is 26.1 Å². The van der Waals surface area contributed by atoms with E-state index in [2.05, 4.69) is 21.9 Å². The van der Waals surface area contributed by atoms with E-state index in [-0.39, 0.29) is 0 Å². The van der Waals surface area contributed by atoms with Gasteiger partial charge in [-0.3, -0.25) is 0 Å². The number of nitrogens with zero attached hydrogens (tertiary/aromatic N) is 3. The Morgan fingerprint density at radius 2 is 1.60 bits per heavy atom. The zero-order chi connectivity index (χ0) is 20.5. The Morgan fingerprint density at radius 3 is 2.43 bits per heavy atom. The van der Waals surface area contributed by atoms with Crippen molar-refractivity contribution in [1.29, 1.82) is 0 Å².